The number of pyridine rings is 1. The highest BCUT2D eigenvalue weighted by atomic mass is 32.1. The van der Waals surface area contributed by atoms with Crippen LogP contribution in [0.4, 0.5) is 5.13 Å². The van der Waals surface area contributed by atoms with Gasteiger partial charge in [0, 0.05) is 37.1 Å². The predicted octanol–water partition coefficient (Wildman–Crippen LogP) is 2.79. The summed E-state index contributed by atoms with van der Waals surface area (Å²) in [5, 5.41) is 1.02. The predicted molar refractivity (Wildman–Crippen MR) is 83.9 cm³/mol. The largest absolute Gasteiger partial charge is 0.487 e. The Balaban J connectivity index is 1.58. The van der Waals surface area contributed by atoms with Gasteiger partial charge in [-0.05, 0) is 18.1 Å². The molecule has 0 spiro atoms. The van der Waals surface area contributed by atoms with Gasteiger partial charge in [0.2, 0.25) is 5.13 Å². The summed E-state index contributed by atoms with van der Waals surface area (Å²) in [7, 11) is 0. The summed E-state index contributed by atoms with van der Waals surface area (Å²) in [6, 6.07) is 3.84. The molecule has 5 nitrogen and oxygen atoms in total. The second-order valence-corrected chi connectivity index (χ2v) is 6.48. The summed E-state index contributed by atoms with van der Waals surface area (Å²) in [5.41, 5.74) is 0. The summed E-state index contributed by atoms with van der Waals surface area (Å²) in [6.07, 6.45) is 5.67. The number of aromatic nitrogens is 3. The van der Waals surface area contributed by atoms with Crippen molar-refractivity contribution in [3.8, 4) is 5.75 Å². The first-order valence-corrected chi connectivity index (χ1v) is 8.12. The van der Waals surface area contributed by atoms with Crippen LogP contribution in [0, 0.1) is 5.92 Å². The van der Waals surface area contributed by atoms with Gasteiger partial charge in [0.05, 0.1) is 12.7 Å². The molecule has 3 heterocycles. The topological polar surface area (TPSA) is 51.1 Å². The van der Waals surface area contributed by atoms with Gasteiger partial charge in [0.15, 0.2) is 0 Å². The van der Waals surface area contributed by atoms with E-state index in [1.54, 1.807) is 12.4 Å². The third-order valence-corrected chi connectivity index (χ3v) is 4.22. The van der Waals surface area contributed by atoms with Gasteiger partial charge in [-0.2, -0.15) is 4.37 Å². The highest BCUT2D eigenvalue weighted by molar-refractivity contribution is 7.09. The maximum absolute atomic E-state index is 5.95. The number of anilines is 1. The lowest BCUT2D eigenvalue weighted by molar-refractivity contribution is 0.224. The molecule has 0 bridgehead atoms. The van der Waals surface area contributed by atoms with Gasteiger partial charge in [0.25, 0.3) is 0 Å². The molecule has 0 aromatic carbocycles. The molecule has 0 aliphatic carbocycles. The first kappa shape index (κ1) is 14.3. The Kier molecular flexibility index (Phi) is 4.34. The van der Waals surface area contributed by atoms with Crippen LogP contribution in [0.1, 0.15) is 26.1 Å². The van der Waals surface area contributed by atoms with Crippen molar-refractivity contribution in [3.63, 3.8) is 0 Å². The average Bonchev–Trinajstić information content (AvgIpc) is 3.08. The van der Waals surface area contributed by atoms with Crippen LogP contribution in [0.5, 0.6) is 5.75 Å². The summed E-state index contributed by atoms with van der Waals surface area (Å²) >= 11 is 1.49. The SMILES string of the molecule is CC(C)Cc1nsc(N2CCC(Oc3cccnc3)C2)n1. The van der Waals surface area contributed by atoms with Gasteiger partial charge in [-0.25, -0.2) is 4.98 Å². The zero-order valence-corrected chi connectivity index (χ0v) is 13.2. The highest BCUT2D eigenvalue weighted by Gasteiger charge is 2.26. The Morgan fingerprint density at radius 3 is 3.14 bits per heavy atom. The van der Waals surface area contributed by atoms with Crippen molar-refractivity contribution in [3.05, 3.63) is 30.4 Å². The van der Waals surface area contributed by atoms with Gasteiger partial charge in [-0.3, -0.25) is 4.98 Å². The molecule has 1 atom stereocenters. The molecule has 0 radical (unpaired) electrons. The van der Waals surface area contributed by atoms with Crippen LogP contribution in [-0.4, -0.2) is 33.5 Å². The van der Waals surface area contributed by atoms with Gasteiger partial charge in [-0.1, -0.05) is 13.8 Å². The molecule has 112 valence electrons. The first-order valence-electron chi connectivity index (χ1n) is 7.35. The van der Waals surface area contributed by atoms with Crippen molar-refractivity contribution >= 4 is 16.7 Å². The molecule has 21 heavy (non-hydrogen) atoms. The Morgan fingerprint density at radius 1 is 1.48 bits per heavy atom. The van der Waals surface area contributed by atoms with Crippen molar-refractivity contribution in [2.24, 2.45) is 5.92 Å². The quantitative estimate of drug-likeness (QED) is 0.850. The van der Waals surface area contributed by atoms with Crippen LogP contribution in [0.3, 0.4) is 0 Å². The van der Waals surface area contributed by atoms with Gasteiger partial charge in [0.1, 0.15) is 17.7 Å². The van der Waals surface area contributed by atoms with E-state index >= 15 is 0 Å². The Hall–Kier alpha value is -1.69. The number of hydrogen-bond acceptors (Lipinski definition) is 6. The molecular formula is C15H20N4OS. The van der Waals surface area contributed by atoms with E-state index in [1.165, 1.54) is 11.5 Å². The van der Waals surface area contributed by atoms with Crippen LogP contribution < -0.4 is 9.64 Å². The Bertz CT molecular complexity index is 572. The van der Waals surface area contributed by atoms with E-state index in [1.807, 2.05) is 12.1 Å². The number of nitrogens with zero attached hydrogens (tertiary/aromatic N) is 4. The minimum atomic E-state index is 0.201. The molecule has 0 saturated carbocycles. The molecule has 3 rings (SSSR count). The van der Waals surface area contributed by atoms with Crippen LogP contribution >= 0.6 is 11.5 Å². The fraction of sp³-hybridized carbons (Fsp3) is 0.533. The van der Waals surface area contributed by atoms with E-state index < -0.39 is 0 Å². The lowest BCUT2D eigenvalue weighted by atomic mass is 10.1. The molecule has 2 aromatic heterocycles. The summed E-state index contributed by atoms with van der Waals surface area (Å²) in [6.45, 7) is 6.22. The van der Waals surface area contributed by atoms with Gasteiger partial charge in [-0.15, -0.1) is 0 Å². The van der Waals surface area contributed by atoms with Crippen molar-refractivity contribution in [1.29, 1.82) is 0 Å². The average molecular weight is 304 g/mol. The molecule has 0 amide bonds. The normalized spacial score (nSPS) is 18.4. The smallest absolute Gasteiger partial charge is 0.205 e. The van der Waals surface area contributed by atoms with Crippen LogP contribution in [0.15, 0.2) is 24.5 Å². The zero-order valence-electron chi connectivity index (χ0n) is 12.4. The molecule has 6 heteroatoms. The number of hydrogen-bond donors (Lipinski definition) is 0. The maximum Gasteiger partial charge on any atom is 0.205 e. The third-order valence-electron chi connectivity index (χ3n) is 3.40. The first-order chi connectivity index (χ1) is 10.2. The molecule has 0 N–H and O–H groups in total. The standard InChI is InChI=1S/C15H20N4OS/c1-11(2)8-14-17-15(21-18-14)19-7-5-13(10-19)20-12-4-3-6-16-9-12/h3-4,6,9,11,13H,5,7-8,10H2,1-2H3. The minimum Gasteiger partial charge on any atom is -0.487 e. The minimum absolute atomic E-state index is 0.201. The number of rotatable bonds is 5. The summed E-state index contributed by atoms with van der Waals surface area (Å²) in [5.74, 6) is 2.39. The van der Waals surface area contributed by atoms with E-state index in [4.69, 9.17) is 4.74 Å². The highest BCUT2D eigenvalue weighted by Crippen LogP contribution is 2.25. The van der Waals surface area contributed by atoms with Crippen molar-refractivity contribution < 1.29 is 4.74 Å². The zero-order chi connectivity index (χ0) is 14.7. The second kappa shape index (κ2) is 6.39. The molecule has 1 fully saturated rings. The van der Waals surface area contributed by atoms with Crippen molar-refractivity contribution in [2.75, 3.05) is 18.0 Å². The monoisotopic (exact) mass is 304 g/mol. The Morgan fingerprint density at radius 2 is 2.38 bits per heavy atom. The van der Waals surface area contributed by atoms with Gasteiger partial charge < -0.3 is 9.64 Å². The molecular weight excluding hydrogens is 284 g/mol. The fourth-order valence-corrected chi connectivity index (χ4v) is 3.16. The van der Waals surface area contributed by atoms with Crippen LogP contribution in [0.2, 0.25) is 0 Å². The molecule has 1 aliphatic heterocycles. The van der Waals surface area contributed by atoms with Crippen molar-refractivity contribution in [2.45, 2.75) is 32.8 Å². The molecule has 1 saturated heterocycles. The molecule has 2 aromatic rings. The van der Waals surface area contributed by atoms with Crippen LogP contribution in [0.25, 0.3) is 0 Å². The van der Waals surface area contributed by atoms with E-state index in [2.05, 4.69) is 33.1 Å². The molecule has 1 unspecified atom stereocenters. The lowest BCUT2D eigenvalue weighted by Gasteiger charge is -2.15. The molecule has 1 aliphatic rings. The Labute approximate surface area is 129 Å². The van der Waals surface area contributed by atoms with Gasteiger partial charge >= 0.3 is 0 Å². The van der Waals surface area contributed by atoms with Crippen molar-refractivity contribution in [1.82, 2.24) is 14.3 Å². The summed E-state index contributed by atoms with van der Waals surface area (Å²) < 4.78 is 10.4. The fourth-order valence-electron chi connectivity index (χ4n) is 2.43. The number of ether oxygens (including phenoxy) is 1. The van der Waals surface area contributed by atoms with E-state index in [0.29, 0.717) is 5.92 Å². The van der Waals surface area contributed by atoms with Crippen LogP contribution in [-0.2, 0) is 6.42 Å². The maximum atomic E-state index is 5.95. The summed E-state index contributed by atoms with van der Waals surface area (Å²) in [4.78, 5) is 11.0. The third kappa shape index (κ3) is 3.69. The lowest BCUT2D eigenvalue weighted by Crippen LogP contribution is -2.24. The van der Waals surface area contributed by atoms with E-state index in [9.17, 15) is 0 Å². The van der Waals surface area contributed by atoms with E-state index in [-0.39, 0.29) is 6.10 Å². The van der Waals surface area contributed by atoms with E-state index in [0.717, 1.165) is 42.6 Å². The second-order valence-electron chi connectivity index (χ2n) is 5.75.